The third-order valence-electron chi connectivity index (χ3n) is 6.36. The SMILES string of the molecule is CCCCCCN(C(=O)C(C)NC(=O)OC(C)(C)C)C(C(=O)NC1CCCCC1)c1ccc(O)cc1. The van der Waals surface area contributed by atoms with Gasteiger partial charge in [-0.1, -0.05) is 57.6 Å². The molecule has 1 saturated carbocycles. The molecule has 1 aromatic carbocycles. The Hall–Kier alpha value is -2.77. The number of phenols is 1. The van der Waals surface area contributed by atoms with Crippen LogP contribution in [0.5, 0.6) is 5.75 Å². The molecule has 2 unspecified atom stereocenters. The van der Waals surface area contributed by atoms with Crippen molar-refractivity contribution in [1.29, 1.82) is 0 Å². The number of rotatable bonds is 11. The van der Waals surface area contributed by atoms with Crippen LogP contribution in [0.15, 0.2) is 24.3 Å². The Kier molecular flexibility index (Phi) is 11.5. The number of hydrogen-bond acceptors (Lipinski definition) is 5. The van der Waals surface area contributed by atoms with Crippen molar-refractivity contribution in [2.75, 3.05) is 6.54 Å². The van der Waals surface area contributed by atoms with Crippen LogP contribution in [-0.2, 0) is 14.3 Å². The van der Waals surface area contributed by atoms with Gasteiger partial charge in [-0.2, -0.15) is 0 Å². The third kappa shape index (κ3) is 9.70. The summed E-state index contributed by atoms with van der Waals surface area (Å²) in [6.45, 7) is 9.38. The van der Waals surface area contributed by atoms with Crippen molar-refractivity contribution in [3.05, 3.63) is 29.8 Å². The van der Waals surface area contributed by atoms with E-state index in [1.165, 1.54) is 18.6 Å². The van der Waals surface area contributed by atoms with Crippen LogP contribution in [0.2, 0.25) is 0 Å². The first-order valence-corrected chi connectivity index (χ1v) is 13.4. The van der Waals surface area contributed by atoms with Gasteiger partial charge in [-0.3, -0.25) is 9.59 Å². The molecule has 1 fully saturated rings. The second-order valence-electron chi connectivity index (χ2n) is 10.8. The number of aromatic hydroxyl groups is 1. The molecule has 3 N–H and O–H groups in total. The lowest BCUT2D eigenvalue weighted by molar-refractivity contribution is -0.142. The second-order valence-corrected chi connectivity index (χ2v) is 10.8. The van der Waals surface area contributed by atoms with Crippen molar-refractivity contribution in [1.82, 2.24) is 15.5 Å². The molecular formula is C28H45N3O5. The minimum Gasteiger partial charge on any atom is -0.508 e. The van der Waals surface area contributed by atoms with Gasteiger partial charge in [-0.05, 0) is 64.7 Å². The number of alkyl carbamates (subject to hydrolysis) is 1. The highest BCUT2D eigenvalue weighted by atomic mass is 16.6. The quantitative estimate of drug-likeness (QED) is 0.360. The highest BCUT2D eigenvalue weighted by molar-refractivity contribution is 5.92. The summed E-state index contributed by atoms with van der Waals surface area (Å²) in [6, 6.07) is 4.74. The zero-order valence-corrected chi connectivity index (χ0v) is 22.6. The van der Waals surface area contributed by atoms with Gasteiger partial charge in [0.2, 0.25) is 11.8 Å². The van der Waals surface area contributed by atoms with Gasteiger partial charge in [-0.25, -0.2) is 4.79 Å². The minimum atomic E-state index is -0.881. The molecule has 3 amide bonds. The zero-order valence-electron chi connectivity index (χ0n) is 22.6. The molecular weight excluding hydrogens is 458 g/mol. The fourth-order valence-electron chi connectivity index (χ4n) is 4.53. The molecule has 0 spiro atoms. The van der Waals surface area contributed by atoms with Crippen molar-refractivity contribution in [2.45, 2.75) is 116 Å². The number of ether oxygens (including phenoxy) is 1. The maximum Gasteiger partial charge on any atom is 0.408 e. The van der Waals surface area contributed by atoms with E-state index in [2.05, 4.69) is 17.6 Å². The number of amides is 3. The zero-order chi connectivity index (χ0) is 26.7. The molecule has 0 aliphatic heterocycles. The molecule has 2 atom stereocenters. The van der Waals surface area contributed by atoms with Crippen LogP contribution in [0, 0.1) is 0 Å². The van der Waals surface area contributed by atoms with E-state index in [1.54, 1.807) is 44.7 Å². The molecule has 0 radical (unpaired) electrons. The van der Waals surface area contributed by atoms with Crippen LogP contribution < -0.4 is 10.6 Å². The number of hydrogen-bond donors (Lipinski definition) is 3. The van der Waals surface area contributed by atoms with E-state index in [9.17, 15) is 19.5 Å². The van der Waals surface area contributed by atoms with E-state index in [4.69, 9.17) is 4.74 Å². The highest BCUT2D eigenvalue weighted by Gasteiger charge is 2.35. The average molecular weight is 504 g/mol. The van der Waals surface area contributed by atoms with Crippen molar-refractivity contribution in [2.24, 2.45) is 0 Å². The predicted molar refractivity (Wildman–Crippen MR) is 141 cm³/mol. The first kappa shape index (κ1) is 29.5. The van der Waals surface area contributed by atoms with Crippen LogP contribution >= 0.6 is 0 Å². The summed E-state index contributed by atoms with van der Waals surface area (Å²) in [5, 5.41) is 15.6. The van der Waals surface area contributed by atoms with Crippen LogP contribution in [0.1, 0.15) is 104 Å². The molecule has 202 valence electrons. The summed E-state index contributed by atoms with van der Waals surface area (Å²) < 4.78 is 5.33. The number of carbonyl (C=O) groups is 3. The predicted octanol–water partition coefficient (Wildman–Crippen LogP) is 5.20. The van der Waals surface area contributed by atoms with Gasteiger partial charge in [-0.15, -0.1) is 0 Å². The first-order chi connectivity index (χ1) is 17.0. The Morgan fingerprint density at radius 3 is 2.28 bits per heavy atom. The molecule has 0 bridgehead atoms. The second kappa shape index (κ2) is 14.1. The maximum absolute atomic E-state index is 13.7. The number of carbonyl (C=O) groups excluding carboxylic acids is 3. The van der Waals surface area contributed by atoms with E-state index in [0.29, 0.717) is 12.1 Å². The molecule has 0 aromatic heterocycles. The summed E-state index contributed by atoms with van der Waals surface area (Å²) in [5.74, 6) is -0.499. The van der Waals surface area contributed by atoms with Gasteiger partial charge in [0.05, 0.1) is 0 Å². The van der Waals surface area contributed by atoms with Crippen molar-refractivity contribution < 1.29 is 24.2 Å². The number of nitrogens with one attached hydrogen (secondary N) is 2. The fourth-order valence-corrected chi connectivity index (χ4v) is 4.53. The van der Waals surface area contributed by atoms with Gasteiger partial charge in [0.25, 0.3) is 0 Å². The minimum absolute atomic E-state index is 0.0835. The number of phenolic OH excluding ortho intramolecular Hbond substituents is 1. The fraction of sp³-hybridized carbons (Fsp3) is 0.679. The van der Waals surface area contributed by atoms with Crippen molar-refractivity contribution in [3.63, 3.8) is 0 Å². The van der Waals surface area contributed by atoms with Gasteiger partial charge < -0.3 is 25.4 Å². The molecule has 1 aliphatic rings. The molecule has 1 aromatic rings. The van der Waals surface area contributed by atoms with Crippen LogP contribution in [0.4, 0.5) is 4.79 Å². The maximum atomic E-state index is 13.7. The number of benzene rings is 1. The van der Waals surface area contributed by atoms with Crippen molar-refractivity contribution in [3.8, 4) is 5.75 Å². The topological polar surface area (TPSA) is 108 Å². The normalized spacial score (nSPS) is 16.0. The van der Waals surface area contributed by atoms with E-state index in [-0.39, 0.29) is 23.6 Å². The van der Waals surface area contributed by atoms with Gasteiger partial charge in [0, 0.05) is 12.6 Å². The molecule has 8 heteroatoms. The summed E-state index contributed by atoms with van der Waals surface area (Å²) in [7, 11) is 0. The third-order valence-corrected chi connectivity index (χ3v) is 6.36. The lowest BCUT2D eigenvalue weighted by atomic mass is 9.94. The van der Waals surface area contributed by atoms with Gasteiger partial charge >= 0.3 is 6.09 Å². The van der Waals surface area contributed by atoms with E-state index >= 15 is 0 Å². The molecule has 0 saturated heterocycles. The van der Waals surface area contributed by atoms with E-state index in [0.717, 1.165) is 51.4 Å². The summed E-state index contributed by atoms with van der Waals surface area (Å²) in [4.78, 5) is 41.3. The lowest BCUT2D eigenvalue weighted by Crippen LogP contribution is -2.53. The largest absolute Gasteiger partial charge is 0.508 e. The summed E-state index contributed by atoms with van der Waals surface area (Å²) >= 11 is 0. The van der Waals surface area contributed by atoms with Crippen LogP contribution in [0.3, 0.4) is 0 Å². The Morgan fingerprint density at radius 1 is 1.06 bits per heavy atom. The molecule has 2 rings (SSSR count). The van der Waals surface area contributed by atoms with E-state index in [1.807, 2.05) is 0 Å². The number of nitrogens with zero attached hydrogens (tertiary/aromatic N) is 1. The highest BCUT2D eigenvalue weighted by Crippen LogP contribution is 2.27. The Labute approximate surface area is 216 Å². The average Bonchev–Trinajstić information content (AvgIpc) is 2.81. The van der Waals surface area contributed by atoms with Crippen LogP contribution in [-0.4, -0.2) is 52.1 Å². The van der Waals surface area contributed by atoms with Gasteiger partial charge in [0.15, 0.2) is 0 Å². The Morgan fingerprint density at radius 2 is 1.69 bits per heavy atom. The smallest absolute Gasteiger partial charge is 0.408 e. The molecule has 0 heterocycles. The van der Waals surface area contributed by atoms with E-state index < -0.39 is 23.8 Å². The molecule has 36 heavy (non-hydrogen) atoms. The van der Waals surface area contributed by atoms with Crippen molar-refractivity contribution >= 4 is 17.9 Å². The standard InChI is InChI=1S/C28H45N3O5/c1-6-7-8-12-19-31(26(34)20(2)29-27(35)36-28(3,4)5)24(21-15-17-23(32)18-16-21)25(33)30-22-13-10-9-11-14-22/h15-18,20,22,24,32H,6-14,19H2,1-5H3,(H,29,35)(H,30,33). The Bertz CT molecular complexity index is 844. The first-order valence-electron chi connectivity index (χ1n) is 13.4. The van der Waals surface area contributed by atoms with Crippen LogP contribution in [0.25, 0.3) is 0 Å². The molecule has 1 aliphatic carbocycles. The lowest BCUT2D eigenvalue weighted by Gasteiger charge is -2.35. The molecule has 8 nitrogen and oxygen atoms in total. The Balaban J connectivity index is 2.32. The van der Waals surface area contributed by atoms with Gasteiger partial charge in [0.1, 0.15) is 23.4 Å². The summed E-state index contributed by atoms with van der Waals surface area (Å²) in [6.07, 6.45) is 8.25. The number of unbranched alkanes of at least 4 members (excludes halogenated alkanes) is 3. The summed E-state index contributed by atoms with van der Waals surface area (Å²) in [5.41, 5.74) is -0.0735. The monoisotopic (exact) mass is 503 g/mol.